The molecule has 156 valence electrons. The summed E-state index contributed by atoms with van der Waals surface area (Å²) in [6.45, 7) is 7.95. The predicted octanol–water partition coefficient (Wildman–Crippen LogP) is 1.87. The standard InChI is InChI=1S/C22H30N4O3/c1-17-6-3-7-19(18(17)2)26(10-5-9-23)21(27)16-24-11-13-25(14-12-24)22(28)20-8-4-15-29-20/h3,6-7,20H,4-5,8,10-16H2,1-2H3. The molecule has 0 bridgehead atoms. The SMILES string of the molecule is Cc1cccc(N(CCC#N)C(=O)CN2CCN(C(=O)C3CCCO3)CC2)c1C. The Kier molecular flexibility index (Phi) is 7.24. The van der Waals surface area contributed by atoms with Gasteiger partial charge < -0.3 is 14.5 Å². The van der Waals surface area contributed by atoms with E-state index in [1.54, 1.807) is 4.90 Å². The summed E-state index contributed by atoms with van der Waals surface area (Å²) in [7, 11) is 0. The van der Waals surface area contributed by atoms with Crippen LogP contribution in [0.4, 0.5) is 5.69 Å². The fourth-order valence-electron chi connectivity index (χ4n) is 3.95. The van der Waals surface area contributed by atoms with Crippen molar-refractivity contribution in [3.63, 3.8) is 0 Å². The van der Waals surface area contributed by atoms with E-state index in [-0.39, 0.29) is 17.9 Å². The number of ether oxygens (including phenoxy) is 1. The zero-order valence-corrected chi connectivity index (χ0v) is 17.4. The Morgan fingerprint density at radius 3 is 2.66 bits per heavy atom. The molecular weight excluding hydrogens is 368 g/mol. The molecule has 2 amide bonds. The van der Waals surface area contributed by atoms with Crippen LogP contribution in [0.1, 0.15) is 30.4 Å². The average Bonchev–Trinajstić information content (AvgIpc) is 3.26. The molecule has 1 aromatic carbocycles. The van der Waals surface area contributed by atoms with Crippen LogP contribution in [-0.2, 0) is 14.3 Å². The molecule has 1 unspecified atom stereocenters. The van der Waals surface area contributed by atoms with Gasteiger partial charge in [0.25, 0.3) is 5.91 Å². The maximum absolute atomic E-state index is 13.1. The van der Waals surface area contributed by atoms with Crippen LogP contribution < -0.4 is 4.90 Å². The zero-order valence-electron chi connectivity index (χ0n) is 17.4. The first-order valence-corrected chi connectivity index (χ1v) is 10.4. The Labute approximate surface area is 172 Å². The number of amides is 2. The van der Waals surface area contributed by atoms with Crippen molar-refractivity contribution in [1.29, 1.82) is 5.26 Å². The number of aryl methyl sites for hydroxylation is 1. The number of hydrogen-bond donors (Lipinski definition) is 0. The van der Waals surface area contributed by atoms with E-state index in [2.05, 4.69) is 11.0 Å². The van der Waals surface area contributed by atoms with Crippen molar-refractivity contribution in [2.45, 2.75) is 39.2 Å². The average molecular weight is 399 g/mol. The van der Waals surface area contributed by atoms with Crippen molar-refractivity contribution in [3.8, 4) is 6.07 Å². The highest BCUT2D eigenvalue weighted by molar-refractivity contribution is 5.95. The monoisotopic (exact) mass is 398 g/mol. The molecule has 2 fully saturated rings. The number of rotatable bonds is 6. The van der Waals surface area contributed by atoms with E-state index in [1.807, 2.05) is 36.9 Å². The molecule has 7 heteroatoms. The Hall–Kier alpha value is -2.43. The molecule has 0 N–H and O–H groups in total. The summed E-state index contributed by atoms with van der Waals surface area (Å²) >= 11 is 0. The molecule has 1 aromatic rings. The molecule has 0 aliphatic carbocycles. The fraction of sp³-hybridized carbons (Fsp3) is 0.591. The molecule has 2 aliphatic rings. The third-order valence-corrected chi connectivity index (χ3v) is 5.86. The van der Waals surface area contributed by atoms with Crippen molar-refractivity contribution in [1.82, 2.24) is 9.80 Å². The summed E-state index contributed by atoms with van der Waals surface area (Å²) in [5.41, 5.74) is 3.06. The lowest BCUT2D eigenvalue weighted by Gasteiger charge is -2.36. The van der Waals surface area contributed by atoms with Crippen LogP contribution in [0.15, 0.2) is 18.2 Å². The molecule has 3 rings (SSSR count). The van der Waals surface area contributed by atoms with E-state index in [0.29, 0.717) is 52.3 Å². The highest BCUT2D eigenvalue weighted by Crippen LogP contribution is 2.23. The molecule has 0 radical (unpaired) electrons. The van der Waals surface area contributed by atoms with E-state index in [1.165, 1.54) is 0 Å². The third kappa shape index (κ3) is 5.14. The molecule has 0 spiro atoms. The van der Waals surface area contributed by atoms with Crippen LogP contribution in [0.3, 0.4) is 0 Å². The molecule has 2 aliphatic heterocycles. The van der Waals surface area contributed by atoms with Gasteiger partial charge in [0, 0.05) is 45.0 Å². The fourth-order valence-corrected chi connectivity index (χ4v) is 3.95. The maximum Gasteiger partial charge on any atom is 0.251 e. The summed E-state index contributed by atoms with van der Waals surface area (Å²) in [5.74, 6) is 0.0763. The van der Waals surface area contributed by atoms with E-state index in [4.69, 9.17) is 10.00 Å². The van der Waals surface area contributed by atoms with Gasteiger partial charge in [0.15, 0.2) is 0 Å². The Balaban J connectivity index is 1.59. The zero-order chi connectivity index (χ0) is 20.8. The highest BCUT2D eigenvalue weighted by atomic mass is 16.5. The topological polar surface area (TPSA) is 76.9 Å². The molecular formula is C22H30N4O3. The van der Waals surface area contributed by atoms with E-state index in [0.717, 1.165) is 29.7 Å². The van der Waals surface area contributed by atoms with Gasteiger partial charge in [-0.1, -0.05) is 12.1 Å². The maximum atomic E-state index is 13.1. The smallest absolute Gasteiger partial charge is 0.251 e. The number of carbonyl (C=O) groups is 2. The van der Waals surface area contributed by atoms with E-state index >= 15 is 0 Å². The summed E-state index contributed by atoms with van der Waals surface area (Å²) in [4.78, 5) is 31.2. The first kappa shape index (κ1) is 21.3. The summed E-state index contributed by atoms with van der Waals surface area (Å²) < 4.78 is 5.51. The van der Waals surface area contributed by atoms with Crippen LogP contribution >= 0.6 is 0 Å². The van der Waals surface area contributed by atoms with Crippen LogP contribution in [-0.4, -0.2) is 73.6 Å². The third-order valence-electron chi connectivity index (χ3n) is 5.86. The Morgan fingerprint density at radius 1 is 1.24 bits per heavy atom. The normalized spacial score (nSPS) is 19.8. The minimum absolute atomic E-state index is 0.00662. The number of benzene rings is 1. The molecule has 0 aromatic heterocycles. The Bertz CT molecular complexity index is 775. The molecule has 2 heterocycles. The van der Waals surface area contributed by atoms with Gasteiger partial charge in [-0.3, -0.25) is 14.5 Å². The van der Waals surface area contributed by atoms with Gasteiger partial charge in [-0.15, -0.1) is 0 Å². The van der Waals surface area contributed by atoms with Gasteiger partial charge in [0.05, 0.1) is 19.0 Å². The molecule has 2 saturated heterocycles. The lowest BCUT2D eigenvalue weighted by Crippen LogP contribution is -2.53. The number of nitrogens with zero attached hydrogens (tertiary/aromatic N) is 4. The van der Waals surface area contributed by atoms with Crippen LogP contribution in [0.25, 0.3) is 0 Å². The molecule has 7 nitrogen and oxygen atoms in total. The van der Waals surface area contributed by atoms with E-state index < -0.39 is 0 Å². The first-order chi connectivity index (χ1) is 14.0. The van der Waals surface area contributed by atoms with Crippen molar-refractivity contribution in [2.75, 3.05) is 50.8 Å². The summed E-state index contributed by atoms with van der Waals surface area (Å²) in [5, 5.41) is 9.01. The number of nitriles is 1. The summed E-state index contributed by atoms with van der Waals surface area (Å²) in [6, 6.07) is 8.05. The van der Waals surface area contributed by atoms with Crippen molar-refractivity contribution in [3.05, 3.63) is 29.3 Å². The minimum atomic E-state index is -0.283. The molecule has 29 heavy (non-hydrogen) atoms. The highest BCUT2D eigenvalue weighted by Gasteiger charge is 2.31. The van der Waals surface area contributed by atoms with Crippen molar-refractivity contribution < 1.29 is 14.3 Å². The van der Waals surface area contributed by atoms with Gasteiger partial charge in [0.1, 0.15) is 6.10 Å². The van der Waals surface area contributed by atoms with Crippen LogP contribution in [0.5, 0.6) is 0 Å². The second-order valence-electron chi connectivity index (χ2n) is 7.78. The second-order valence-corrected chi connectivity index (χ2v) is 7.78. The lowest BCUT2D eigenvalue weighted by molar-refractivity contribution is -0.142. The molecule has 1 atom stereocenters. The van der Waals surface area contributed by atoms with Gasteiger partial charge >= 0.3 is 0 Å². The number of piperazine rings is 1. The lowest BCUT2D eigenvalue weighted by atomic mass is 10.1. The van der Waals surface area contributed by atoms with Crippen molar-refractivity contribution in [2.24, 2.45) is 0 Å². The van der Waals surface area contributed by atoms with Crippen LogP contribution in [0, 0.1) is 25.2 Å². The van der Waals surface area contributed by atoms with Crippen molar-refractivity contribution >= 4 is 17.5 Å². The number of hydrogen-bond acceptors (Lipinski definition) is 5. The quantitative estimate of drug-likeness (QED) is 0.731. The van der Waals surface area contributed by atoms with Gasteiger partial charge in [-0.25, -0.2) is 0 Å². The van der Waals surface area contributed by atoms with Gasteiger partial charge in [0.2, 0.25) is 5.91 Å². The summed E-state index contributed by atoms with van der Waals surface area (Å²) in [6.07, 6.45) is 1.76. The minimum Gasteiger partial charge on any atom is -0.368 e. The second kappa shape index (κ2) is 9.86. The van der Waals surface area contributed by atoms with E-state index in [9.17, 15) is 9.59 Å². The van der Waals surface area contributed by atoms with Gasteiger partial charge in [-0.2, -0.15) is 5.26 Å². The largest absolute Gasteiger partial charge is 0.368 e. The first-order valence-electron chi connectivity index (χ1n) is 10.4. The predicted molar refractivity (Wildman–Crippen MR) is 110 cm³/mol. The van der Waals surface area contributed by atoms with Crippen LogP contribution in [0.2, 0.25) is 0 Å². The molecule has 0 saturated carbocycles. The number of carbonyl (C=O) groups excluding carboxylic acids is 2. The van der Waals surface area contributed by atoms with Gasteiger partial charge in [-0.05, 0) is 43.9 Å². The Morgan fingerprint density at radius 2 is 2.00 bits per heavy atom. The number of anilines is 1.